The van der Waals surface area contributed by atoms with E-state index in [2.05, 4.69) is 9.97 Å². The summed E-state index contributed by atoms with van der Waals surface area (Å²) in [5.74, 6) is -2.78. The van der Waals surface area contributed by atoms with Crippen molar-refractivity contribution < 1.29 is 32.5 Å². The molecule has 2 aromatic heterocycles. The van der Waals surface area contributed by atoms with Crippen molar-refractivity contribution in [2.45, 2.75) is 44.2 Å². The summed E-state index contributed by atoms with van der Waals surface area (Å²) in [7, 11) is 0. The Kier molecular flexibility index (Phi) is 9.17. The fourth-order valence-corrected chi connectivity index (χ4v) is 4.54. The Morgan fingerprint density at radius 2 is 1.80 bits per heavy atom. The average molecular weight is 495 g/mol. The normalized spacial score (nSPS) is 21.5. The highest BCUT2D eigenvalue weighted by atomic mass is 19.1. The summed E-state index contributed by atoms with van der Waals surface area (Å²) in [5.41, 5.74) is 6.88. The molecule has 4 rings (SSSR count). The number of pyridine rings is 2. The van der Waals surface area contributed by atoms with Gasteiger partial charge in [-0.05, 0) is 72.2 Å². The molecule has 1 aliphatic rings. The number of carbonyl (C=O) groups is 1. The molecule has 2 heterocycles. The second-order valence-corrected chi connectivity index (χ2v) is 8.63. The first-order valence-electron chi connectivity index (χ1n) is 10.8. The second kappa shape index (κ2) is 11.5. The number of hydrogen-bond acceptors (Lipinski definition) is 5. The van der Waals surface area contributed by atoms with Crippen LogP contribution >= 0.6 is 0 Å². The fraction of sp³-hybridized carbons (Fsp3) is 0.320. The highest BCUT2D eigenvalue weighted by molar-refractivity contribution is 5.96. The van der Waals surface area contributed by atoms with Gasteiger partial charge in [-0.15, -0.1) is 0 Å². The highest BCUT2D eigenvalue weighted by Gasteiger charge is 2.34. The lowest BCUT2D eigenvalue weighted by atomic mass is 9.74. The van der Waals surface area contributed by atoms with E-state index in [1.165, 1.54) is 6.07 Å². The van der Waals surface area contributed by atoms with Gasteiger partial charge in [-0.25, -0.2) is 18.2 Å². The maximum Gasteiger partial charge on any atom is 0.185 e. The molecule has 1 saturated carbocycles. The van der Waals surface area contributed by atoms with Gasteiger partial charge in [0.05, 0.1) is 6.10 Å². The molecule has 1 aromatic carbocycles. The quantitative estimate of drug-likeness (QED) is 0.402. The van der Waals surface area contributed by atoms with Gasteiger partial charge in [-0.1, -0.05) is 6.92 Å². The van der Waals surface area contributed by atoms with Gasteiger partial charge in [-0.2, -0.15) is 0 Å². The van der Waals surface area contributed by atoms with E-state index >= 15 is 0 Å². The molecule has 3 N–H and O–H groups in total. The summed E-state index contributed by atoms with van der Waals surface area (Å²) < 4.78 is 42.1. The molecule has 5 nitrogen and oxygen atoms in total. The van der Waals surface area contributed by atoms with Crippen LogP contribution in [0.15, 0.2) is 48.8 Å². The Bertz CT molecular complexity index is 1180. The van der Waals surface area contributed by atoms with E-state index in [1.54, 1.807) is 12.4 Å². The predicted molar refractivity (Wildman–Crippen MR) is 122 cm³/mol. The number of aliphatic hydroxyl groups excluding tert-OH is 1. The van der Waals surface area contributed by atoms with Crippen LogP contribution in [-0.2, 0) is 6.42 Å². The van der Waals surface area contributed by atoms with Crippen LogP contribution in [0.4, 0.5) is 22.6 Å². The molecular formula is C25H26F5N3O2. The van der Waals surface area contributed by atoms with Gasteiger partial charge in [0, 0.05) is 30.4 Å². The fourth-order valence-electron chi connectivity index (χ4n) is 4.54. The van der Waals surface area contributed by atoms with Crippen molar-refractivity contribution in [2.24, 2.45) is 11.7 Å². The molecular weight excluding hydrogens is 469 g/mol. The van der Waals surface area contributed by atoms with Gasteiger partial charge in [0.15, 0.2) is 5.78 Å². The van der Waals surface area contributed by atoms with Crippen LogP contribution in [-0.4, -0.2) is 33.0 Å². The van der Waals surface area contributed by atoms with Crippen LogP contribution < -0.4 is 5.73 Å². The molecule has 3 aromatic rings. The molecule has 0 aliphatic heterocycles. The minimum Gasteiger partial charge on any atom is -0.391 e. The van der Waals surface area contributed by atoms with E-state index < -0.39 is 35.0 Å². The minimum atomic E-state index is -0.859. The smallest absolute Gasteiger partial charge is 0.185 e. The number of rotatable bonds is 5. The third-order valence-electron chi connectivity index (χ3n) is 6.28. The average Bonchev–Trinajstić information content (AvgIpc) is 2.79. The maximum atomic E-state index is 14.4. The van der Waals surface area contributed by atoms with Crippen LogP contribution in [0.3, 0.4) is 0 Å². The molecule has 0 spiro atoms. The molecule has 1 fully saturated rings. The Labute approximate surface area is 199 Å². The molecule has 0 radical (unpaired) electrons. The van der Waals surface area contributed by atoms with Crippen LogP contribution in [0, 0.1) is 23.4 Å². The number of aliphatic hydroxyl groups is 1. The summed E-state index contributed by atoms with van der Waals surface area (Å²) >= 11 is 0. The largest absolute Gasteiger partial charge is 0.391 e. The maximum absolute atomic E-state index is 14.4. The summed E-state index contributed by atoms with van der Waals surface area (Å²) in [6.07, 6.45) is 3.93. The molecule has 4 atom stereocenters. The van der Waals surface area contributed by atoms with E-state index in [-0.39, 0.29) is 45.0 Å². The number of Topliss-reactive ketones (excluding diaryl/α,β-unsaturated/α-hetero) is 1. The number of nitrogens with two attached hydrogens (primary N) is 1. The van der Waals surface area contributed by atoms with Crippen molar-refractivity contribution in [2.75, 3.05) is 0 Å². The van der Waals surface area contributed by atoms with Gasteiger partial charge in [0.25, 0.3) is 0 Å². The van der Waals surface area contributed by atoms with Crippen LogP contribution in [0.2, 0.25) is 0 Å². The number of benzene rings is 1. The van der Waals surface area contributed by atoms with E-state index in [0.717, 1.165) is 36.2 Å². The van der Waals surface area contributed by atoms with Crippen molar-refractivity contribution in [1.82, 2.24) is 9.97 Å². The molecule has 35 heavy (non-hydrogen) atoms. The van der Waals surface area contributed by atoms with Crippen LogP contribution in [0.1, 0.15) is 47.3 Å². The van der Waals surface area contributed by atoms with E-state index in [1.807, 2.05) is 13.0 Å². The van der Waals surface area contributed by atoms with Crippen LogP contribution in [0.25, 0.3) is 11.3 Å². The number of nitrogens with zero attached hydrogens (tertiary/aromatic N) is 2. The lowest BCUT2D eigenvalue weighted by Crippen LogP contribution is -2.44. The first-order chi connectivity index (χ1) is 15.7. The molecule has 188 valence electrons. The Hall–Kier alpha value is -3.24. The predicted octanol–water partition coefficient (Wildman–Crippen LogP) is 4.49. The number of hydrogen-bond donors (Lipinski definition) is 2. The van der Waals surface area contributed by atoms with E-state index in [4.69, 9.17) is 5.73 Å². The lowest BCUT2D eigenvalue weighted by Gasteiger charge is -2.36. The zero-order valence-electron chi connectivity index (χ0n) is 18.8. The third-order valence-corrected chi connectivity index (χ3v) is 6.28. The highest BCUT2D eigenvalue weighted by Crippen LogP contribution is 2.37. The molecule has 0 bridgehead atoms. The number of ketones is 1. The summed E-state index contributed by atoms with van der Waals surface area (Å²) in [5, 5.41) is 10.2. The monoisotopic (exact) mass is 495 g/mol. The number of aromatic nitrogens is 2. The van der Waals surface area contributed by atoms with Gasteiger partial charge in [0.2, 0.25) is 0 Å². The SMILES string of the molecule is C[C@H]1C[C@@H](c2ccncc2CC(=O)c2ccc(F)c(-c3cc(F)ccc3F)n2)C[C@@H](N)[C@@H]1O.F.F. The molecule has 0 amide bonds. The molecule has 1 aliphatic carbocycles. The van der Waals surface area contributed by atoms with Gasteiger partial charge in [-0.3, -0.25) is 19.2 Å². The van der Waals surface area contributed by atoms with Crippen molar-refractivity contribution in [3.63, 3.8) is 0 Å². The van der Waals surface area contributed by atoms with Gasteiger partial charge >= 0.3 is 0 Å². The lowest BCUT2D eigenvalue weighted by molar-refractivity contribution is 0.0519. The minimum absolute atomic E-state index is 0. The number of halogens is 5. The first-order valence-corrected chi connectivity index (χ1v) is 10.8. The standard InChI is InChI=1S/C25H24F3N3O2.2FH/c1-13-8-14(9-21(29)25(13)33)17-6-7-30-12-15(17)10-23(32)22-5-4-20(28)24(31-22)18-11-16(26)2-3-19(18)27;;/h2-7,11-14,21,25,33H,8-10,29H2,1H3;2*1H/t13-,14+,21+,25+;;/m0../s1. The van der Waals surface area contributed by atoms with E-state index in [9.17, 15) is 23.1 Å². The van der Waals surface area contributed by atoms with Crippen molar-refractivity contribution in [3.8, 4) is 11.3 Å². The first kappa shape index (κ1) is 28.0. The zero-order chi connectivity index (χ0) is 23.7. The van der Waals surface area contributed by atoms with Gasteiger partial charge in [0.1, 0.15) is 28.8 Å². The summed E-state index contributed by atoms with van der Waals surface area (Å²) in [4.78, 5) is 21.2. The summed E-state index contributed by atoms with van der Waals surface area (Å²) in [6.45, 7) is 1.94. The molecule has 0 unspecified atom stereocenters. The van der Waals surface area contributed by atoms with E-state index in [0.29, 0.717) is 12.0 Å². The van der Waals surface area contributed by atoms with Crippen molar-refractivity contribution in [3.05, 3.63) is 83.1 Å². The van der Waals surface area contributed by atoms with Crippen molar-refractivity contribution in [1.29, 1.82) is 0 Å². The Balaban J connectivity index is 0.00000216. The Morgan fingerprint density at radius 3 is 2.51 bits per heavy atom. The molecule has 10 heteroatoms. The third kappa shape index (κ3) is 5.88. The Morgan fingerprint density at radius 1 is 1.09 bits per heavy atom. The van der Waals surface area contributed by atoms with Gasteiger partial charge < -0.3 is 10.8 Å². The van der Waals surface area contributed by atoms with Crippen LogP contribution in [0.5, 0.6) is 0 Å². The second-order valence-electron chi connectivity index (χ2n) is 8.63. The van der Waals surface area contributed by atoms with Crippen molar-refractivity contribution >= 4 is 5.78 Å². The summed E-state index contributed by atoms with van der Waals surface area (Å²) in [6, 6.07) is 6.38. The topological polar surface area (TPSA) is 89.1 Å². The zero-order valence-corrected chi connectivity index (χ0v) is 18.8. The number of carbonyl (C=O) groups excluding carboxylic acids is 1. The molecule has 0 saturated heterocycles.